The number of nitrogens with zero attached hydrogens (tertiary/aromatic N) is 2. The highest BCUT2D eigenvalue weighted by Gasteiger charge is 2.16. The van der Waals surface area contributed by atoms with Crippen LogP contribution in [0.3, 0.4) is 0 Å². The zero-order valence-electron chi connectivity index (χ0n) is 16.5. The van der Waals surface area contributed by atoms with Crippen molar-refractivity contribution in [2.75, 3.05) is 0 Å². The first kappa shape index (κ1) is 20.3. The smallest absolute Gasteiger partial charge is 0.306 e. The molecule has 0 fully saturated rings. The van der Waals surface area contributed by atoms with Crippen LogP contribution in [0.4, 0.5) is 0 Å². The van der Waals surface area contributed by atoms with Crippen molar-refractivity contribution in [3.8, 4) is 11.3 Å². The molecular weight excluding hydrogens is 372 g/mol. The van der Waals surface area contributed by atoms with E-state index in [-0.39, 0.29) is 5.97 Å². The van der Waals surface area contributed by atoms with Crippen LogP contribution < -0.4 is 0 Å². The number of aromatic nitrogens is 2. The fourth-order valence-electron chi connectivity index (χ4n) is 3.00. The molecule has 2 aromatic carbocycles. The maximum absolute atomic E-state index is 11.9. The van der Waals surface area contributed by atoms with E-state index in [0.717, 1.165) is 47.2 Å². The molecule has 1 aromatic heterocycles. The van der Waals surface area contributed by atoms with E-state index in [0.29, 0.717) is 11.4 Å². The highest BCUT2D eigenvalue weighted by Crippen LogP contribution is 2.26. The molecule has 0 atom stereocenters. The average Bonchev–Trinajstić information content (AvgIpc) is 2.64. The summed E-state index contributed by atoms with van der Waals surface area (Å²) in [6, 6.07) is 15.5. The summed E-state index contributed by atoms with van der Waals surface area (Å²) in [5, 5.41) is 0.691. The average molecular weight is 397 g/mol. The predicted octanol–water partition coefficient (Wildman–Crippen LogP) is 6.00. The normalized spacial score (nSPS) is 11.6. The lowest BCUT2D eigenvalue weighted by Crippen LogP contribution is -2.23. The number of carbonyl (C=O) groups excluding carboxylic acids is 1. The Balaban J connectivity index is 1.76. The lowest BCUT2D eigenvalue weighted by molar-refractivity contribution is -0.154. The fraction of sp³-hybridized carbons (Fsp3) is 0.348. The van der Waals surface area contributed by atoms with E-state index < -0.39 is 5.60 Å². The highest BCUT2D eigenvalue weighted by atomic mass is 35.5. The van der Waals surface area contributed by atoms with Gasteiger partial charge in [-0.05, 0) is 64.3 Å². The lowest BCUT2D eigenvalue weighted by Gasteiger charge is -2.19. The quantitative estimate of drug-likeness (QED) is 0.378. The number of para-hydroxylation sites is 2. The Bertz CT molecular complexity index is 962. The van der Waals surface area contributed by atoms with Crippen LogP contribution in [0.25, 0.3) is 22.3 Å². The van der Waals surface area contributed by atoms with Crippen molar-refractivity contribution in [1.29, 1.82) is 0 Å². The molecule has 5 heteroatoms. The highest BCUT2D eigenvalue weighted by molar-refractivity contribution is 6.30. The van der Waals surface area contributed by atoms with Crippen LogP contribution >= 0.6 is 11.6 Å². The molecule has 0 saturated carbocycles. The Morgan fingerprint density at radius 1 is 0.964 bits per heavy atom. The SMILES string of the molecule is CC(C)(C)OC(=O)CCCCc1nc2ccccc2nc1-c1ccc(Cl)cc1. The Hall–Kier alpha value is -2.46. The maximum atomic E-state index is 11.9. The topological polar surface area (TPSA) is 52.1 Å². The summed E-state index contributed by atoms with van der Waals surface area (Å²) in [5.74, 6) is -0.157. The second-order valence-electron chi connectivity index (χ2n) is 7.81. The number of ether oxygens (including phenoxy) is 1. The first-order valence-electron chi connectivity index (χ1n) is 9.55. The van der Waals surface area contributed by atoms with Crippen molar-refractivity contribution in [2.24, 2.45) is 0 Å². The van der Waals surface area contributed by atoms with Crippen LogP contribution in [0, 0.1) is 0 Å². The summed E-state index contributed by atoms with van der Waals surface area (Å²) in [6.45, 7) is 5.65. The third kappa shape index (κ3) is 5.52. The molecule has 0 aliphatic rings. The summed E-state index contributed by atoms with van der Waals surface area (Å²) in [5.41, 5.74) is 4.10. The standard InChI is InChI=1S/C23H25ClN2O2/c1-23(2,3)28-21(27)11-7-6-10-20-22(16-12-14-17(24)15-13-16)26-19-9-5-4-8-18(19)25-20/h4-5,8-9,12-15H,6-7,10-11H2,1-3H3. The molecule has 146 valence electrons. The Morgan fingerprint density at radius 2 is 1.61 bits per heavy atom. The van der Waals surface area contributed by atoms with Gasteiger partial charge in [0.05, 0.1) is 22.4 Å². The van der Waals surface area contributed by atoms with Crippen LogP contribution in [0.15, 0.2) is 48.5 Å². The second kappa shape index (κ2) is 8.70. The van der Waals surface area contributed by atoms with Crippen LogP contribution in [-0.4, -0.2) is 21.5 Å². The molecular formula is C23H25ClN2O2. The molecule has 0 radical (unpaired) electrons. The first-order chi connectivity index (χ1) is 13.3. The van der Waals surface area contributed by atoms with Gasteiger partial charge in [-0.25, -0.2) is 9.97 Å². The molecule has 0 bridgehead atoms. The van der Waals surface area contributed by atoms with E-state index >= 15 is 0 Å². The van der Waals surface area contributed by atoms with E-state index in [1.807, 2.05) is 69.3 Å². The number of fused-ring (bicyclic) bond motifs is 1. The molecule has 0 amide bonds. The van der Waals surface area contributed by atoms with E-state index in [1.54, 1.807) is 0 Å². The zero-order chi connectivity index (χ0) is 20.1. The van der Waals surface area contributed by atoms with E-state index in [1.165, 1.54) is 0 Å². The number of halogens is 1. The number of esters is 1. The Kier molecular flexibility index (Phi) is 6.30. The van der Waals surface area contributed by atoms with Gasteiger partial charge in [0.1, 0.15) is 5.60 Å². The van der Waals surface area contributed by atoms with Crippen molar-refractivity contribution in [3.63, 3.8) is 0 Å². The molecule has 4 nitrogen and oxygen atoms in total. The van der Waals surface area contributed by atoms with Crippen LogP contribution in [0.5, 0.6) is 0 Å². The summed E-state index contributed by atoms with van der Waals surface area (Å²) < 4.78 is 5.37. The van der Waals surface area contributed by atoms with E-state index in [9.17, 15) is 4.79 Å². The minimum atomic E-state index is -0.442. The second-order valence-corrected chi connectivity index (χ2v) is 8.24. The van der Waals surface area contributed by atoms with Crippen LogP contribution in [0.2, 0.25) is 5.02 Å². The molecule has 0 unspecified atom stereocenters. The molecule has 1 heterocycles. The number of hydrogen-bond acceptors (Lipinski definition) is 4. The molecule has 0 aliphatic heterocycles. The minimum absolute atomic E-state index is 0.157. The van der Waals surface area contributed by atoms with Gasteiger partial charge in [0.15, 0.2) is 0 Å². The van der Waals surface area contributed by atoms with Crippen LogP contribution in [0.1, 0.15) is 45.7 Å². The number of benzene rings is 2. The number of rotatable bonds is 6. The summed E-state index contributed by atoms with van der Waals surface area (Å²) in [4.78, 5) is 21.6. The number of carbonyl (C=O) groups is 1. The molecule has 0 saturated heterocycles. The largest absolute Gasteiger partial charge is 0.460 e. The van der Waals surface area contributed by atoms with Gasteiger partial charge < -0.3 is 4.74 Å². The molecule has 3 rings (SSSR count). The van der Waals surface area contributed by atoms with E-state index in [2.05, 4.69) is 0 Å². The molecule has 3 aromatic rings. The molecule has 0 N–H and O–H groups in total. The third-order valence-electron chi connectivity index (χ3n) is 4.22. The molecule has 28 heavy (non-hydrogen) atoms. The summed E-state index contributed by atoms with van der Waals surface area (Å²) >= 11 is 6.03. The Labute approximate surface area is 170 Å². The van der Waals surface area contributed by atoms with E-state index in [4.69, 9.17) is 26.3 Å². The Morgan fingerprint density at radius 3 is 2.25 bits per heavy atom. The van der Waals surface area contributed by atoms with Crippen LogP contribution in [-0.2, 0) is 16.0 Å². The van der Waals surface area contributed by atoms with Gasteiger partial charge in [-0.2, -0.15) is 0 Å². The summed E-state index contributed by atoms with van der Waals surface area (Å²) in [6.07, 6.45) is 2.75. The van der Waals surface area contributed by atoms with Gasteiger partial charge in [-0.15, -0.1) is 0 Å². The number of hydrogen-bond donors (Lipinski definition) is 0. The number of aryl methyl sites for hydroxylation is 1. The van der Waals surface area contributed by atoms with Crippen molar-refractivity contribution in [1.82, 2.24) is 9.97 Å². The van der Waals surface area contributed by atoms with Crippen molar-refractivity contribution >= 4 is 28.6 Å². The maximum Gasteiger partial charge on any atom is 0.306 e. The third-order valence-corrected chi connectivity index (χ3v) is 4.48. The van der Waals surface area contributed by atoms with Gasteiger partial charge in [0.25, 0.3) is 0 Å². The minimum Gasteiger partial charge on any atom is -0.460 e. The fourth-order valence-corrected chi connectivity index (χ4v) is 3.13. The van der Waals surface area contributed by atoms with Gasteiger partial charge in [0.2, 0.25) is 0 Å². The first-order valence-corrected chi connectivity index (χ1v) is 9.93. The molecule has 0 spiro atoms. The van der Waals surface area contributed by atoms with Gasteiger partial charge >= 0.3 is 5.97 Å². The summed E-state index contributed by atoms with van der Waals surface area (Å²) in [7, 11) is 0. The van der Waals surface area contributed by atoms with Gasteiger partial charge in [-0.3, -0.25) is 4.79 Å². The van der Waals surface area contributed by atoms with Crippen molar-refractivity contribution < 1.29 is 9.53 Å². The van der Waals surface area contributed by atoms with Crippen molar-refractivity contribution in [2.45, 2.75) is 52.1 Å². The van der Waals surface area contributed by atoms with Gasteiger partial charge in [0, 0.05) is 17.0 Å². The monoisotopic (exact) mass is 396 g/mol. The predicted molar refractivity (Wildman–Crippen MR) is 113 cm³/mol. The zero-order valence-corrected chi connectivity index (χ0v) is 17.3. The lowest BCUT2D eigenvalue weighted by atomic mass is 10.0. The molecule has 0 aliphatic carbocycles. The van der Waals surface area contributed by atoms with Crippen molar-refractivity contribution in [3.05, 3.63) is 59.2 Å². The van der Waals surface area contributed by atoms with Gasteiger partial charge in [-0.1, -0.05) is 35.9 Å². The number of unbranched alkanes of at least 4 members (excludes halogenated alkanes) is 1.